The zero-order valence-electron chi connectivity index (χ0n) is 15.4. The highest BCUT2D eigenvalue weighted by molar-refractivity contribution is 7.18. The van der Waals surface area contributed by atoms with Gasteiger partial charge >= 0.3 is 5.97 Å². The van der Waals surface area contributed by atoms with E-state index >= 15 is 0 Å². The lowest BCUT2D eigenvalue weighted by Crippen LogP contribution is -2.21. The molecule has 1 heterocycles. The van der Waals surface area contributed by atoms with Crippen molar-refractivity contribution >= 4 is 44.9 Å². The molecule has 0 atom stereocenters. The molecule has 3 aromatic rings. The number of carbonyl (C=O) groups is 3. The quantitative estimate of drug-likeness (QED) is 0.459. The number of carbonyl (C=O) groups excluding carboxylic acids is 3. The van der Waals surface area contributed by atoms with Gasteiger partial charge in [0, 0.05) is 17.7 Å². The molecular weight excluding hydrogens is 376 g/mol. The van der Waals surface area contributed by atoms with Gasteiger partial charge in [0.25, 0.3) is 5.91 Å². The second-order valence-corrected chi connectivity index (χ2v) is 7.39. The van der Waals surface area contributed by atoms with E-state index < -0.39 is 11.9 Å². The van der Waals surface area contributed by atoms with Gasteiger partial charge < -0.3 is 10.1 Å². The van der Waals surface area contributed by atoms with Crippen molar-refractivity contribution in [1.29, 1.82) is 0 Å². The number of anilines is 1. The summed E-state index contributed by atoms with van der Waals surface area (Å²) in [7, 11) is 0. The molecule has 0 aliphatic heterocycles. The van der Waals surface area contributed by atoms with E-state index in [9.17, 15) is 14.4 Å². The maximum Gasteiger partial charge on any atom is 0.306 e. The molecule has 0 spiro atoms. The molecule has 6 nitrogen and oxygen atoms in total. The van der Waals surface area contributed by atoms with Gasteiger partial charge in [-0.05, 0) is 44.0 Å². The SMILES string of the molecule is CC(=O)c1cccc(NC(=O)COC(=O)CCCc2nc3ccccc3s2)c1. The zero-order valence-corrected chi connectivity index (χ0v) is 16.3. The fraction of sp³-hybridized carbons (Fsp3) is 0.238. The molecule has 0 saturated heterocycles. The Hall–Kier alpha value is -3.06. The third-order valence-electron chi connectivity index (χ3n) is 4.03. The van der Waals surface area contributed by atoms with E-state index in [0.717, 1.165) is 15.2 Å². The number of rotatable bonds is 8. The Morgan fingerprint density at radius 1 is 1.11 bits per heavy atom. The Bertz CT molecular complexity index is 979. The van der Waals surface area contributed by atoms with Gasteiger partial charge in [-0.2, -0.15) is 0 Å². The molecule has 0 fully saturated rings. The van der Waals surface area contributed by atoms with E-state index in [0.29, 0.717) is 24.1 Å². The van der Waals surface area contributed by atoms with Gasteiger partial charge in [0.1, 0.15) is 0 Å². The highest BCUT2D eigenvalue weighted by Crippen LogP contribution is 2.22. The fourth-order valence-electron chi connectivity index (χ4n) is 2.64. The molecule has 1 amide bonds. The first-order valence-corrected chi connectivity index (χ1v) is 9.74. The first kappa shape index (κ1) is 19.7. The first-order valence-electron chi connectivity index (χ1n) is 8.92. The molecule has 7 heteroatoms. The van der Waals surface area contributed by atoms with Gasteiger partial charge in [0.2, 0.25) is 0 Å². The molecule has 0 aliphatic carbocycles. The number of aromatic nitrogens is 1. The lowest BCUT2D eigenvalue weighted by molar-refractivity contribution is -0.147. The van der Waals surface area contributed by atoms with E-state index in [4.69, 9.17) is 4.74 Å². The monoisotopic (exact) mass is 396 g/mol. The lowest BCUT2D eigenvalue weighted by atomic mass is 10.1. The van der Waals surface area contributed by atoms with Crippen LogP contribution < -0.4 is 5.32 Å². The molecule has 2 aromatic carbocycles. The van der Waals surface area contributed by atoms with Crippen LogP contribution in [0, 0.1) is 0 Å². The molecule has 28 heavy (non-hydrogen) atoms. The van der Waals surface area contributed by atoms with E-state index in [1.165, 1.54) is 6.92 Å². The first-order chi connectivity index (χ1) is 13.5. The van der Waals surface area contributed by atoms with E-state index in [1.807, 2.05) is 24.3 Å². The van der Waals surface area contributed by atoms with E-state index in [-0.39, 0.29) is 18.8 Å². The standard InChI is InChI=1S/C21H20N2O4S/c1-14(24)15-6-4-7-16(12-15)22-19(25)13-27-21(26)11-5-10-20-23-17-8-2-3-9-18(17)28-20/h2-4,6-9,12H,5,10-11,13H2,1H3,(H,22,25). The maximum absolute atomic E-state index is 11.9. The number of nitrogens with zero attached hydrogens (tertiary/aromatic N) is 1. The third-order valence-corrected chi connectivity index (χ3v) is 5.12. The molecule has 1 N–H and O–H groups in total. The Labute approximate surface area is 166 Å². The second-order valence-electron chi connectivity index (χ2n) is 6.27. The summed E-state index contributed by atoms with van der Waals surface area (Å²) < 4.78 is 6.15. The molecule has 3 rings (SSSR count). The molecule has 144 valence electrons. The molecule has 0 saturated carbocycles. The minimum absolute atomic E-state index is 0.0874. The molecule has 1 aromatic heterocycles. The number of thiazole rings is 1. The summed E-state index contributed by atoms with van der Waals surface area (Å²) in [6, 6.07) is 14.5. The summed E-state index contributed by atoms with van der Waals surface area (Å²) in [6.45, 7) is 1.10. The number of ketones is 1. The van der Waals surface area contributed by atoms with Crippen LogP contribution in [0.4, 0.5) is 5.69 Å². The summed E-state index contributed by atoms with van der Waals surface area (Å²) in [6.07, 6.45) is 1.53. The Morgan fingerprint density at radius 2 is 1.93 bits per heavy atom. The second kappa shape index (κ2) is 9.23. The minimum Gasteiger partial charge on any atom is -0.456 e. The number of nitrogens with one attached hydrogen (secondary N) is 1. The van der Waals surface area contributed by atoms with Crippen molar-refractivity contribution in [2.75, 3.05) is 11.9 Å². The number of Topliss-reactive ketones (excluding diaryl/α,β-unsaturated/α-hetero) is 1. The average molecular weight is 396 g/mol. The average Bonchev–Trinajstić information content (AvgIpc) is 3.09. The van der Waals surface area contributed by atoms with Crippen molar-refractivity contribution in [2.24, 2.45) is 0 Å². The fourth-order valence-corrected chi connectivity index (χ4v) is 3.65. The predicted molar refractivity (Wildman–Crippen MR) is 109 cm³/mol. The van der Waals surface area contributed by atoms with Gasteiger partial charge in [-0.15, -0.1) is 11.3 Å². The van der Waals surface area contributed by atoms with Gasteiger partial charge in [0.15, 0.2) is 12.4 Å². The number of para-hydroxylation sites is 1. The van der Waals surface area contributed by atoms with Crippen LogP contribution in [0.5, 0.6) is 0 Å². The summed E-state index contributed by atoms with van der Waals surface area (Å²) in [5, 5.41) is 3.60. The molecule has 0 radical (unpaired) electrons. The number of ether oxygens (including phenoxy) is 1. The maximum atomic E-state index is 11.9. The highest BCUT2D eigenvalue weighted by atomic mass is 32.1. The van der Waals surface area contributed by atoms with Crippen molar-refractivity contribution in [3.8, 4) is 0 Å². The largest absolute Gasteiger partial charge is 0.456 e. The van der Waals surface area contributed by atoms with Gasteiger partial charge in [-0.1, -0.05) is 24.3 Å². The van der Waals surface area contributed by atoms with Crippen LogP contribution in [0.3, 0.4) is 0 Å². The number of aryl methyl sites for hydroxylation is 1. The van der Waals surface area contributed by atoms with Crippen molar-refractivity contribution in [3.05, 3.63) is 59.1 Å². The topological polar surface area (TPSA) is 85.4 Å². The van der Waals surface area contributed by atoms with Crippen LogP contribution in [-0.4, -0.2) is 29.3 Å². The molecule has 0 aliphatic rings. The number of benzene rings is 2. The van der Waals surface area contributed by atoms with Crippen LogP contribution >= 0.6 is 11.3 Å². The van der Waals surface area contributed by atoms with Crippen molar-refractivity contribution in [3.63, 3.8) is 0 Å². The van der Waals surface area contributed by atoms with Crippen molar-refractivity contribution < 1.29 is 19.1 Å². The normalized spacial score (nSPS) is 10.6. The van der Waals surface area contributed by atoms with Gasteiger partial charge in [0.05, 0.1) is 15.2 Å². The molecular formula is C21H20N2O4S. The Balaban J connectivity index is 1.39. The smallest absolute Gasteiger partial charge is 0.306 e. The molecule has 0 unspecified atom stereocenters. The number of esters is 1. The van der Waals surface area contributed by atoms with Crippen LogP contribution in [0.2, 0.25) is 0 Å². The number of hydrogen-bond donors (Lipinski definition) is 1. The molecule has 0 bridgehead atoms. The van der Waals surface area contributed by atoms with Crippen molar-refractivity contribution in [1.82, 2.24) is 4.98 Å². The summed E-state index contributed by atoms with van der Waals surface area (Å²) in [5.41, 5.74) is 1.96. The Morgan fingerprint density at radius 3 is 2.71 bits per heavy atom. The van der Waals surface area contributed by atoms with Gasteiger partial charge in [-0.3, -0.25) is 14.4 Å². The zero-order chi connectivity index (χ0) is 19.9. The van der Waals surface area contributed by atoms with Crippen LogP contribution in [0.15, 0.2) is 48.5 Å². The van der Waals surface area contributed by atoms with E-state index in [1.54, 1.807) is 35.6 Å². The summed E-state index contributed by atoms with van der Waals surface area (Å²) in [4.78, 5) is 39.6. The van der Waals surface area contributed by atoms with Crippen LogP contribution in [0.1, 0.15) is 35.1 Å². The number of hydrogen-bond acceptors (Lipinski definition) is 6. The van der Waals surface area contributed by atoms with Crippen LogP contribution in [-0.2, 0) is 20.7 Å². The summed E-state index contributed by atoms with van der Waals surface area (Å²) >= 11 is 1.62. The number of fused-ring (bicyclic) bond motifs is 1. The predicted octanol–water partition coefficient (Wildman–Crippen LogP) is 4.00. The van der Waals surface area contributed by atoms with E-state index in [2.05, 4.69) is 10.3 Å². The van der Waals surface area contributed by atoms with Gasteiger partial charge in [-0.25, -0.2) is 4.98 Å². The summed E-state index contributed by atoms with van der Waals surface area (Å²) in [5.74, 6) is -0.954. The highest BCUT2D eigenvalue weighted by Gasteiger charge is 2.10. The van der Waals surface area contributed by atoms with Crippen molar-refractivity contribution in [2.45, 2.75) is 26.2 Å². The number of amides is 1. The minimum atomic E-state index is -0.444. The lowest BCUT2D eigenvalue weighted by Gasteiger charge is -2.07. The third kappa shape index (κ3) is 5.47. The Kier molecular flexibility index (Phi) is 6.49. The van der Waals surface area contributed by atoms with Crippen LogP contribution in [0.25, 0.3) is 10.2 Å².